The van der Waals surface area contributed by atoms with Gasteiger partial charge in [0.05, 0.1) is 7.11 Å². The number of thioether (sulfide) groups is 1. The molecule has 2 amide bonds. The number of imidazole rings is 1. The minimum absolute atomic E-state index is 0.0768. The molecule has 0 unspecified atom stereocenters. The van der Waals surface area contributed by atoms with Crippen LogP contribution >= 0.6 is 23.1 Å². The van der Waals surface area contributed by atoms with Gasteiger partial charge in [0, 0.05) is 28.8 Å². The quantitative estimate of drug-likeness (QED) is 0.154. The molecule has 3 aromatic heterocycles. The molecule has 13 nitrogen and oxygen atoms in total. The number of β-lactam (4-membered cyclic amide) rings is 1. The molecular formula is C22H22N7O6S2+. The van der Waals surface area contributed by atoms with Crippen molar-refractivity contribution < 1.29 is 33.6 Å². The first-order valence-electron chi connectivity index (χ1n) is 10.9. The Balaban J connectivity index is 1.38. The molecule has 2 aliphatic heterocycles. The van der Waals surface area contributed by atoms with Crippen LogP contribution in [-0.4, -0.2) is 74.3 Å². The number of carbonyl (C=O) groups excluding carboxylic acids is 2. The number of hydrogen-bond donors (Lipinski definition) is 3. The van der Waals surface area contributed by atoms with Crippen LogP contribution in [0.4, 0.5) is 5.13 Å². The van der Waals surface area contributed by atoms with Crippen LogP contribution in [0.3, 0.4) is 0 Å². The van der Waals surface area contributed by atoms with Gasteiger partial charge >= 0.3 is 5.97 Å². The molecule has 3 aromatic rings. The predicted octanol–water partition coefficient (Wildman–Crippen LogP) is 0.0634. The number of oxime groups is 1. The zero-order valence-electron chi connectivity index (χ0n) is 19.7. The highest BCUT2D eigenvalue weighted by Crippen LogP contribution is 2.40. The summed E-state index contributed by atoms with van der Waals surface area (Å²) in [4.78, 5) is 48.3. The number of nitrogen functional groups attached to an aromatic ring is 1. The van der Waals surface area contributed by atoms with Gasteiger partial charge in [-0.2, -0.15) is 4.40 Å². The van der Waals surface area contributed by atoms with Crippen molar-refractivity contribution in [2.45, 2.75) is 18.0 Å². The number of nitrogens with two attached hydrogens (primary N) is 1. The zero-order valence-corrected chi connectivity index (χ0v) is 21.3. The maximum Gasteiger partial charge on any atom is 0.352 e. The standard InChI is InChI=1S/C22H21N7O6S2/c1-34-14-5-3-4-13-27(6-7-28(13)14)8-11-9-36-20-16(19(31)29(20)17(11)21(32)33)25-18(30)15(26-35-2)12-10-37-22(23)24-12/h3-7,10,16,20H,8-9H2,1-2H3,(H3-,23,24,25,30,32,33)/p+1/b26-15-/t16-,20-/m1/s1. The van der Waals surface area contributed by atoms with Gasteiger partial charge in [-0.05, 0) is 6.07 Å². The molecule has 2 aliphatic rings. The van der Waals surface area contributed by atoms with E-state index in [4.69, 9.17) is 15.3 Å². The SMILES string of the molecule is CO/N=C(\C(=O)N[C@@H]1C(=O)N2C(C(=O)O)=C(C[n+]3ccn4c(OC)cccc43)CS[C@H]12)c1csc(N)n1. The number of hydrogen-bond acceptors (Lipinski definition) is 10. The second-order valence-corrected chi connectivity index (χ2v) is 10.0. The van der Waals surface area contributed by atoms with Crippen LogP contribution in [0.5, 0.6) is 5.88 Å². The molecule has 5 rings (SSSR count). The average molecular weight is 545 g/mol. The van der Waals surface area contributed by atoms with E-state index in [9.17, 15) is 19.5 Å². The fraction of sp³-hybridized carbons (Fsp3) is 0.273. The Morgan fingerprint density at radius 3 is 2.86 bits per heavy atom. The summed E-state index contributed by atoms with van der Waals surface area (Å²) in [6, 6.07) is 4.62. The number of methoxy groups -OCH3 is 1. The number of carbonyl (C=O) groups is 3. The number of fused-ring (bicyclic) bond motifs is 2. The van der Waals surface area contributed by atoms with Gasteiger partial charge in [-0.25, -0.2) is 14.3 Å². The number of nitrogens with zero attached hydrogens (tertiary/aromatic N) is 5. The number of pyridine rings is 1. The fourth-order valence-electron chi connectivity index (χ4n) is 4.31. The molecule has 0 radical (unpaired) electrons. The van der Waals surface area contributed by atoms with Gasteiger partial charge < -0.3 is 25.7 Å². The topological polar surface area (TPSA) is 165 Å². The lowest BCUT2D eigenvalue weighted by Crippen LogP contribution is -2.71. The smallest absolute Gasteiger partial charge is 0.352 e. The van der Waals surface area contributed by atoms with E-state index >= 15 is 0 Å². The van der Waals surface area contributed by atoms with E-state index < -0.39 is 29.2 Å². The lowest BCUT2D eigenvalue weighted by Gasteiger charge is -2.49. The number of nitrogens with one attached hydrogen (secondary N) is 1. The Hall–Kier alpha value is -4.11. The van der Waals surface area contributed by atoms with E-state index in [-0.39, 0.29) is 28.8 Å². The molecular weight excluding hydrogens is 522 g/mol. The van der Waals surface area contributed by atoms with E-state index in [1.807, 2.05) is 39.6 Å². The summed E-state index contributed by atoms with van der Waals surface area (Å²) in [6.45, 7) is 0.266. The monoisotopic (exact) mass is 544 g/mol. The average Bonchev–Trinajstić information content (AvgIpc) is 3.51. The molecule has 0 aromatic carbocycles. The number of aromatic nitrogens is 3. The second-order valence-electron chi connectivity index (χ2n) is 8.03. The molecule has 0 spiro atoms. The van der Waals surface area contributed by atoms with Crippen molar-refractivity contribution in [2.24, 2.45) is 5.16 Å². The van der Waals surface area contributed by atoms with E-state index in [0.717, 1.165) is 17.0 Å². The first-order valence-corrected chi connectivity index (χ1v) is 12.8. The number of aliphatic carboxylic acids is 1. The third-order valence-electron chi connectivity index (χ3n) is 5.93. The van der Waals surface area contributed by atoms with Gasteiger partial charge in [0.25, 0.3) is 23.3 Å². The number of ether oxygens (including phenoxy) is 1. The molecule has 1 saturated heterocycles. The maximum atomic E-state index is 13.1. The highest BCUT2D eigenvalue weighted by Gasteiger charge is 2.54. The van der Waals surface area contributed by atoms with Gasteiger partial charge in [0.2, 0.25) is 0 Å². The molecule has 1 fully saturated rings. The second kappa shape index (κ2) is 9.74. The van der Waals surface area contributed by atoms with E-state index in [1.165, 1.54) is 23.8 Å². The van der Waals surface area contributed by atoms with Crippen LogP contribution in [0.2, 0.25) is 0 Å². The highest BCUT2D eigenvalue weighted by molar-refractivity contribution is 8.00. The summed E-state index contributed by atoms with van der Waals surface area (Å²) in [5.74, 6) is -1.42. The van der Waals surface area contributed by atoms with Crippen LogP contribution in [0, 0.1) is 0 Å². The number of amides is 2. The first-order chi connectivity index (χ1) is 17.8. The van der Waals surface area contributed by atoms with Gasteiger partial charge in [0.1, 0.15) is 48.9 Å². The molecule has 0 bridgehead atoms. The molecule has 4 N–H and O–H groups in total. The molecule has 37 heavy (non-hydrogen) atoms. The van der Waals surface area contributed by atoms with Crippen LogP contribution in [0.15, 0.2) is 52.4 Å². The summed E-state index contributed by atoms with van der Waals surface area (Å²) >= 11 is 2.51. The third-order valence-corrected chi connectivity index (χ3v) is 7.94. The summed E-state index contributed by atoms with van der Waals surface area (Å²) in [7, 11) is 2.85. The van der Waals surface area contributed by atoms with Crippen molar-refractivity contribution in [1.82, 2.24) is 19.6 Å². The third kappa shape index (κ3) is 4.25. The minimum Gasteiger partial charge on any atom is -0.477 e. The van der Waals surface area contributed by atoms with Crippen LogP contribution in [-0.2, 0) is 25.8 Å². The molecule has 192 valence electrons. The number of thiazole rings is 1. The summed E-state index contributed by atoms with van der Waals surface area (Å²) in [5.41, 5.74) is 7.04. The van der Waals surface area contributed by atoms with Crippen molar-refractivity contribution in [3.8, 4) is 5.88 Å². The van der Waals surface area contributed by atoms with E-state index in [1.54, 1.807) is 12.5 Å². The van der Waals surface area contributed by atoms with Crippen LogP contribution in [0.25, 0.3) is 5.65 Å². The Morgan fingerprint density at radius 1 is 1.38 bits per heavy atom. The summed E-state index contributed by atoms with van der Waals surface area (Å²) in [6.07, 6.45) is 3.65. The lowest BCUT2D eigenvalue weighted by molar-refractivity contribution is -0.662. The minimum atomic E-state index is -1.21. The Morgan fingerprint density at radius 2 is 2.19 bits per heavy atom. The lowest BCUT2D eigenvalue weighted by atomic mass is 10.0. The van der Waals surface area contributed by atoms with Crippen LogP contribution < -0.4 is 20.4 Å². The zero-order chi connectivity index (χ0) is 26.3. The molecule has 5 heterocycles. The number of anilines is 1. The molecule has 15 heteroatoms. The molecule has 0 saturated carbocycles. The maximum absolute atomic E-state index is 13.1. The first kappa shape index (κ1) is 24.6. The van der Waals surface area contributed by atoms with Crippen molar-refractivity contribution >= 4 is 57.4 Å². The number of carboxylic acid groups (broad SMARTS) is 1. The van der Waals surface area contributed by atoms with E-state index in [2.05, 4.69) is 15.5 Å². The Bertz CT molecular complexity index is 1480. The van der Waals surface area contributed by atoms with Gasteiger partial charge in [-0.3, -0.25) is 14.5 Å². The normalized spacial score (nSPS) is 19.5. The largest absolute Gasteiger partial charge is 0.477 e. The Labute approximate surface area is 218 Å². The molecule has 2 atom stereocenters. The Kier molecular flexibility index (Phi) is 6.47. The summed E-state index contributed by atoms with van der Waals surface area (Å²) in [5, 5.41) is 17.6. The molecule has 0 aliphatic carbocycles. The van der Waals surface area contributed by atoms with Gasteiger partial charge in [0.15, 0.2) is 10.8 Å². The van der Waals surface area contributed by atoms with Crippen LogP contribution in [0.1, 0.15) is 5.69 Å². The van der Waals surface area contributed by atoms with Crippen molar-refractivity contribution in [2.75, 3.05) is 25.7 Å². The number of carboxylic acids is 1. The van der Waals surface area contributed by atoms with Gasteiger partial charge in [-0.1, -0.05) is 5.16 Å². The van der Waals surface area contributed by atoms with Crippen molar-refractivity contribution in [1.29, 1.82) is 0 Å². The van der Waals surface area contributed by atoms with Gasteiger partial charge in [-0.15, -0.1) is 23.1 Å². The van der Waals surface area contributed by atoms with Crippen molar-refractivity contribution in [3.05, 3.63) is 52.9 Å². The highest BCUT2D eigenvalue weighted by atomic mass is 32.2. The number of rotatable bonds is 8. The fourth-order valence-corrected chi connectivity index (χ4v) is 6.19. The predicted molar refractivity (Wildman–Crippen MR) is 134 cm³/mol. The van der Waals surface area contributed by atoms with E-state index in [0.29, 0.717) is 17.2 Å². The summed E-state index contributed by atoms with van der Waals surface area (Å²) < 4.78 is 9.11. The van der Waals surface area contributed by atoms with Crippen molar-refractivity contribution in [3.63, 3.8) is 0 Å².